The summed E-state index contributed by atoms with van der Waals surface area (Å²) in [5, 5.41) is 12.5. The number of morpholine rings is 1. The molecule has 2 N–H and O–H groups in total. The average Bonchev–Trinajstić information content (AvgIpc) is 3.55. The summed E-state index contributed by atoms with van der Waals surface area (Å²) in [6.45, 7) is 4.87. The number of benzene rings is 2. The summed E-state index contributed by atoms with van der Waals surface area (Å²) in [6, 6.07) is 16.0. The van der Waals surface area contributed by atoms with Gasteiger partial charge >= 0.3 is 5.97 Å². The van der Waals surface area contributed by atoms with Crippen LogP contribution in [0.15, 0.2) is 48.5 Å². The number of carboxylic acids is 1. The van der Waals surface area contributed by atoms with Crippen molar-refractivity contribution < 1.29 is 24.2 Å². The van der Waals surface area contributed by atoms with Gasteiger partial charge in [-0.25, -0.2) is 4.79 Å². The van der Waals surface area contributed by atoms with Gasteiger partial charge in [-0.1, -0.05) is 19.3 Å². The normalized spacial score (nSPS) is 16.1. The van der Waals surface area contributed by atoms with Crippen LogP contribution in [0, 0.1) is 0 Å². The van der Waals surface area contributed by atoms with Gasteiger partial charge in [0, 0.05) is 44.0 Å². The molecule has 9 heteroatoms. The quantitative estimate of drug-likeness (QED) is 0.230. The van der Waals surface area contributed by atoms with Crippen LogP contribution in [-0.4, -0.2) is 47.9 Å². The Labute approximate surface area is 249 Å². The Kier molecular flexibility index (Phi) is 8.22. The van der Waals surface area contributed by atoms with Gasteiger partial charge in [0.1, 0.15) is 17.2 Å². The van der Waals surface area contributed by atoms with Gasteiger partial charge in [0.2, 0.25) is 5.91 Å². The molecule has 42 heavy (non-hydrogen) atoms. The number of aromatic nitrogens is 1. The molecule has 1 aliphatic carbocycles. The second kappa shape index (κ2) is 12.2. The number of carbonyl (C=O) groups excluding carboxylic acids is 1. The fourth-order valence-electron chi connectivity index (χ4n) is 6.42. The molecule has 220 valence electrons. The summed E-state index contributed by atoms with van der Waals surface area (Å²) < 4.78 is 15.1. The van der Waals surface area contributed by atoms with Gasteiger partial charge < -0.3 is 29.4 Å². The van der Waals surface area contributed by atoms with Gasteiger partial charge in [-0.15, -0.1) is 11.3 Å². The first-order valence-corrected chi connectivity index (χ1v) is 15.5. The van der Waals surface area contributed by atoms with Gasteiger partial charge in [-0.2, -0.15) is 0 Å². The Balaban J connectivity index is 1.28. The molecule has 0 bridgehead atoms. The number of anilines is 2. The van der Waals surface area contributed by atoms with Crippen LogP contribution in [-0.2, 0) is 23.2 Å². The smallest absolute Gasteiger partial charge is 0.345 e. The van der Waals surface area contributed by atoms with Crippen molar-refractivity contribution >= 4 is 44.8 Å². The highest BCUT2D eigenvalue weighted by atomic mass is 32.1. The van der Waals surface area contributed by atoms with Crippen molar-refractivity contribution in [3.63, 3.8) is 0 Å². The van der Waals surface area contributed by atoms with Crippen LogP contribution in [0.5, 0.6) is 5.75 Å². The van der Waals surface area contributed by atoms with E-state index in [1.54, 1.807) is 0 Å². The van der Waals surface area contributed by atoms with E-state index >= 15 is 0 Å². The summed E-state index contributed by atoms with van der Waals surface area (Å²) in [5.41, 5.74) is 7.40. The van der Waals surface area contributed by atoms with Gasteiger partial charge in [0.05, 0.1) is 29.1 Å². The molecular weight excluding hydrogens is 550 g/mol. The molecule has 0 spiro atoms. The van der Waals surface area contributed by atoms with Crippen LogP contribution in [0.2, 0.25) is 0 Å². The van der Waals surface area contributed by atoms with Gasteiger partial charge in [-0.05, 0) is 78.4 Å². The minimum atomic E-state index is -0.867. The number of rotatable bonds is 8. The molecule has 6 rings (SSSR count). The highest BCUT2D eigenvalue weighted by molar-refractivity contribution is 7.21. The van der Waals surface area contributed by atoms with E-state index in [4.69, 9.17) is 9.47 Å². The maximum absolute atomic E-state index is 11.8. The van der Waals surface area contributed by atoms with Gasteiger partial charge in [0.25, 0.3) is 0 Å². The van der Waals surface area contributed by atoms with Crippen LogP contribution in [0.4, 0.5) is 11.4 Å². The fraction of sp³-hybridized carbons (Fsp3) is 0.394. The zero-order valence-corrected chi connectivity index (χ0v) is 25.0. The Bertz CT molecular complexity index is 1590. The molecule has 0 radical (unpaired) electrons. The molecular formula is C33H37N3O5S. The van der Waals surface area contributed by atoms with E-state index in [9.17, 15) is 14.7 Å². The molecule has 0 unspecified atom stereocenters. The number of carbonyl (C=O) groups is 2. The van der Waals surface area contributed by atoms with Crippen molar-refractivity contribution in [1.29, 1.82) is 0 Å². The second-order valence-electron chi connectivity index (χ2n) is 11.2. The van der Waals surface area contributed by atoms with Crippen molar-refractivity contribution in [2.24, 2.45) is 7.05 Å². The summed E-state index contributed by atoms with van der Waals surface area (Å²) in [7, 11) is 2.04. The molecule has 2 aromatic carbocycles. The number of hydrogen-bond donors (Lipinski definition) is 2. The molecule has 2 fully saturated rings. The lowest BCUT2D eigenvalue weighted by Gasteiger charge is -2.31. The van der Waals surface area contributed by atoms with Gasteiger partial charge in [0.15, 0.2) is 0 Å². The Hall–Kier alpha value is -3.82. The number of nitrogens with zero attached hydrogens (tertiary/aromatic N) is 2. The van der Waals surface area contributed by atoms with Crippen LogP contribution >= 0.6 is 11.3 Å². The van der Waals surface area contributed by atoms with Crippen molar-refractivity contribution in [2.45, 2.75) is 51.6 Å². The van der Waals surface area contributed by atoms with Crippen LogP contribution in [0.3, 0.4) is 0 Å². The summed E-state index contributed by atoms with van der Waals surface area (Å²) >= 11 is 1.40. The van der Waals surface area contributed by atoms with E-state index in [0.717, 1.165) is 64.4 Å². The number of aryl methyl sites for hydroxylation is 1. The number of amides is 1. The number of thiophene rings is 1. The lowest BCUT2D eigenvalue weighted by Crippen LogP contribution is -2.36. The number of fused-ring (bicyclic) bond motifs is 1. The number of nitrogens with one attached hydrogen (secondary N) is 1. The first-order valence-electron chi connectivity index (χ1n) is 14.7. The highest BCUT2D eigenvalue weighted by Crippen LogP contribution is 2.46. The molecule has 1 amide bonds. The average molecular weight is 588 g/mol. The predicted molar refractivity (Wildman–Crippen MR) is 167 cm³/mol. The molecule has 4 aromatic rings. The van der Waals surface area contributed by atoms with Crippen LogP contribution in [0.1, 0.15) is 65.7 Å². The van der Waals surface area contributed by atoms with Crippen molar-refractivity contribution in [1.82, 2.24) is 4.57 Å². The van der Waals surface area contributed by atoms with E-state index < -0.39 is 5.97 Å². The maximum atomic E-state index is 11.8. The number of carboxylic acid groups (broad SMARTS) is 1. The Morgan fingerprint density at radius 2 is 1.79 bits per heavy atom. The van der Waals surface area contributed by atoms with Gasteiger partial charge in [-0.3, -0.25) is 4.79 Å². The van der Waals surface area contributed by atoms with Crippen molar-refractivity contribution in [3.05, 3.63) is 64.5 Å². The predicted octanol–water partition coefficient (Wildman–Crippen LogP) is 7.03. The molecule has 3 heterocycles. The molecule has 2 aliphatic rings. The third-order valence-electron chi connectivity index (χ3n) is 8.41. The van der Waals surface area contributed by atoms with Crippen LogP contribution < -0.4 is 15.0 Å². The minimum Gasteiger partial charge on any atom is -0.489 e. The van der Waals surface area contributed by atoms with E-state index in [1.807, 2.05) is 43.4 Å². The monoisotopic (exact) mass is 587 g/mol. The van der Waals surface area contributed by atoms with Crippen LogP contribution in [0.25, 0.3) is 21.5 Å². The third kappa shape index (κ3) is 5.76. The second-order valence-corrected chi connectivity index (χ2v) is 12.3. The molecule has 0 atom stereocenters. The summed E-state index contributed by atoms with van der Waals surface area (Å²) in [6.07, 6.45) is 5.95. The molecule has 2 aromatic heterocycles. The molecule has 1 saturated heterocycles. The van der Waals surface area contributed by atoms with Crippen molar-refractivity contribution in [3.8, 4) is 17.0 Å². The third-order valence-corrected chi connectivity index (χ3v) is 9.55. The largest absolute Gasteiger partial charge is 0.489 e. The maximum Gasteiger partial charge on any atom is 0.345 e. The molecule has 1 aliphatic heterocycles. The van der Waals surface area contributed by atoms with E-state index in [0.29, 0.717) is 30.6 Å². The van der Waals surface area contributed by atoms with E-state index in [2.05, 4.69) is 26.9 Å². The number of hydrogen-bond acceptors (Lipinski definition) is 6. The minimum absolute atomic E-state index is 0.107. The van der Waals surface area contributed by atoms with E-state index in [1.165, 1.54) is 48.8 Å². The first-order chi connectivity index (χ1) is 20.4. The lowest BCUT2D eigenvalue weighted by molar-refractivity contribution is -0.114. The highest BCUT2D eigenvalue weighted by Gasteiger charge is 2.28. The van der Waals surface area contributed by atoms with Crippen molar-refractivity contribution in [2.75, 3.05) is 36.5 Å². The molecule has 1 saturated carbocycles. The lowest BCUT2D eigenvalue weighted by atomic mass is 9.83. The zero-order valence-electron chi connectivity index (χ0n) is 24.2. The standard InChI is InChI=1S/C33H37N3O5S/c1-21(37)34-25-10-13-27(36-14-16-40-17-15-36)24(18-25)20-41-26-11-8-23(9-12-26)31-30(22-6-4-3-5-7-22)32-28(35(31)2)19-29(42-32)33(38)39/h8-13,18-19,22H,3-7,14-17,20H2,1-2H3,(H,34,37)(H,38,39). The fourth-order valence-corrected chi connectivity index (χ4v) is 7.57. The summed E-state index contributed by atoms with van der Waals surface area (Å²) in [4.78, 5) is 26.1. The summed E-state index contributed by atoms with van der Waals surface area (Å²) in [5.74, 6) is 0.223. The zero-order chi connectivity index (χ0) is 29.2. The molecule has 8 nitrogen and oxygen atoms in total. The first kappa shape index (κ1) is 28.3. The Morgan fingerprint density at radius 3 is 2.48 bits per heavy atom. The Morgan fingerprint density at radius 1 is 1.05 bits per heavy atom. The van der Waals surface area contributed by atoms with E-state index in [-0.39, 0.29) is 5.91 Å². The number of ether oxygens (including phenoxy) is 2. The number of aromatic carboxylic acids is 1. The SMILES string of the molecule is CC(=O)Nc1ccc(N2CCOCC2)c(COc2ccc(-c3c(C4CCCCC4)c4sc(C(=O)O)cc4n3C)cc2)c1. The topological polar surface area (TPSA) is 93.0 Å².